The van der Waals surface area contributed by atoms with Crippen LogP contribution in [0.15, 0.2) is 0 Å². The van der Waals surface area contributed by atoms with Gasteiger partial charge in [0.1, 0.15) is 0 Å². The second-order valence-electron chi connectivity index (χ2n) is 1.79. The summed E-state index contributed by atoms with van der Waals surface area (Å²) in [6.07, 6.45) is 1.24. The molecule has 0 aromatic rings. The van der Waals surface area contributed by atoms with E-state index in [-0.39, 0.29) is 5.25 Å². The molecular formula is C4H9BrO2S. The van der Waals surface area contributed by atoms with Gasteiger partial charge in [0, 0.05) is 11.6 Å². The second kappa shape index (κ2) is 2.82. The topological polar surface area (TPSA) is 34.1 Å². The van der Waals surface area contributed by atoms with E-state index in [0.29, 0.717) is 5.33 Å². The van der Waals surface area contributed by atoms with Gasteiger partial charge in [-0.05, 0) is 6.92 Å². The third-order valence-electron chi connectivity index (χ3n) is 0.948. The van der Waals surface area contributed by atoms with Crippen molar-refractivity contribution in [1.29, 1.82) is 0 Å². The fourth-order valence-electron chi connectivity index (χ4n) is 0.114. The summed E-state index contributed by atoms with van der Waals surface area (Å²) < 4.78 is 21.1. The molecule has 0 radical (unpaired) electrons. The zero-order chi connectivity index (χ0) is 6.78. The van der Waals surface area contributed by atoms with Gasteiger partial charge in [0.15, 0.2) is 9.84 Å². The molecule has 0 aliphatic heterocycles. The Morgan fingerprint density at radius 3 is 2.00 bits per heavy atom. The maximum atomic E-state index is 10.5. The quantitative estimate of drug-likeness (QED) is 0.619. The number of halogens is 1. The van der Waals surface area contributed by atoms with Crippen LogP contribution in [0.3, 0.4) is 0 Å². The van der Waals surface area contributed by atoms with Gasteiger partial charge >= 0.3 is 0 Å². The smallest absolute Gasteiger partial charge is 0.150 e. The summed E-state index contributed by atoms with van der Waals surface area (Å²) in [7, 11) is -2.80. The van der Waals surface area contributed by atoms with Crippen LogP contribution in [-0.2, 0) is 9.84 Å². The summed E-state index contributed by atoms with van der Waals surface area (Å²) in [5, 5.41) is 0.258. The molecule has 0 rings (SSSR count). The highest BCUT2D eigenvalue weighted by Gasteiger charge is 2.11. The Labute approximate surface area is 58.3 Å². The van der Waals surface area contributed by atoms with Crippen LogP contribution in [0, 0.1) is 0 Å². The molecule has 0 spiro atoms. The minimum atomic E-state index is -2.80. The fourth-order valence-corrected chi connectivity index (χ4v) is 1.78. The van der Waals surface area contributed by atoms with Gasteiger partial charge in [-0.1, -0.05) is 15.9 Å². The predicted octanol–water partition coefficient (Wildman–Crippen LogP) is 0.814. The zero-order valence-corrected chi connectivity index (χ0v) is 7.29. The summed E-state index contributed by atoms with van der Waals surface area (Å²) >= 11 is 3.07. The van der Waals surface area contributed by atoms with Crippen LogP contribution in [0.4, 0.5) is 0 Å². The van der Waals surface area contributed by atoms with Crippen molar-refractivity contribution < 1.29 is 8.42 Å². The summed E-state index contributed by atoms with van der Waals surface area (Å²) in [4.78, 5) is 0. The standard InChI is InChI=1S/C4H9BrO2S/c1-4(3-5)8(2,6)7/h4H,3H2,1-2H3. The maximum absolute atomic E-state index is 10.5. The van der Waals surface area contributed by atoms with Crippen molar-refractivity contribution in [3.63, 3.8) is 0 Å². The minimum Gasteiger partial charge on any atom is -0.229 e. The Bertz CT molecular complexity index is 149. The number of sulfone groups is 1. The monoisotopic (exact) mass is 200 g/mol. The molecule has 0 aliphatic carbocycles. The van der Waals surface area contributed by atoms with Gasteiger partial charge in [-0.2, -0.15) is 0 Å². The molecule has 1 atom stereocenters. The van der Waals surface area contributed by atoms with E-state index in [1.165, 1.54) is 6.26 Å². The van der Waals surface area contributed by atoms with Crippen LogP contribution in [0.1, 0.15) is 6.92 Å². The lowest BCUT2D eigenvalue weighted by molar-refractivity contribution is 0.594. The molecule has 0 saturated carbocycles. The van der Waals surface area contributed by atoms with Gasteiger partial charge in [-0.15, -0.1) is 0 Å². The van der Waals surface area contributed by atoms with Gasteiger partial charge in [-0.3, -0.25) is 0 Å². The van der Waals surface area contributed by atoms with Crippen LogP contribution in [0.25, 0.3) is 0 Å². The largest absolute Gasteiger partial charge is 0.229 e. The van der Waals surface area contributed by atoms with Crippen molar-refractivity contribution in [3.8, 4) is 0 Å². The van der Waals surface area contributed by atoms with Crippen LogP contribution in [-0.4, -0.2) is 25.3 Å². The molecule has 0 aromatic heterocycles. The average molecular weight is 201 g/mol. The highest BCUT2D eigenvalue weighted by Crippen LogP contribution is 2.00. The Kier molecular flexibility index (Phi) is 2.98. The molecule has 50 valence electrons. The maximum Gasteiger partial charge on any atom is 0.150 e. The van der Waals surface area contributed by atoms with Crippen LogP contribution in [0.2, 0.25) is 0 Å². The summed E-state index contributed by atoms with van der Waals surface area (Å²) in [5.41, 5.74) is 0. The highest BCUT2D eigenvalue weighted by atomic mass is 79.9. The average Bonchev–Trinajstić information content (AvgIpc) is 1.62. The molecule has 0 bridgehead atoms. The molecule has 0 fully saturated rings. The van der Waals surface area contributed by atoms with E-state index >= 15 is 0 Å². The van der Waals surface area contributed by atoms with Crippen LogP contribution in [0.5, 0.6) is 0 Å². The molecule has 4 heteroatoms. The first kappa shape index (κ1) is 8.43. The van der Waals surface area contributed by atoms with Crippen molar-refractivity contribution in [2.45, 2.75) is 12.2 Å². The Hall–Kier alpha value is 0.430. The molecule has 0 aliphatic rings. The van der Waals surface area contributed by atoms with E-state index in [0.717, 1.165) is 0 Å². The van der Waals surface area contributed by atoms with Crippen molar-refractivity contribution in [2.75, 3.05) is 11.6 Å². The molecule has 2 nitrogen and oxygen atoms in total. The first-order chi connectivity index (χ1) is 3.48. The van der Waals surface area contributed by atoms with Gasteiger partial charge in [-0.25, -0.2) is 8.42 Å². The third kappa shape index (κ3) is 2.67. The minimum absolute atomic E-state index is 0.262. The SMILES string of the molecule is CC(CBr)S(C)(=O)=O. The van der Waals surface area contributed by atoms with E-state index in [4.69, 9.17) is 0 Å². The summed E-state index contributed by atoms with van der Waals surface area (Å²) in [5.74, 6) is 0. The Morgan fingerprint density at radius 1 is 1.62 bits per heavy atom. The van der Waals surface area contributed by atoms with E-state index in [9.17, 15) is 8.42 Å². The fraction of sp³-hybridized carbons (Fsp3) is 1.00. The van der Waals surface area contributed by atoms with Gasteiger partial charge in [0.25, 0.3) is 0 Å². The second-order valence-corrected chi connectivity index (χ2v) is 4.91. The third-order valence-corrected chi connectivity index (χ3v) is 3.98. The molecule has 8 heavy (non-hydrogen) atoms. The lowest BCUT2D eigenvalue weighted by atomic mass is 10.6. The van der Waals surface area contributed by atoms with Gasteiger partial charge in [0.2, 0.25) is 0 Å². The summed E-state index contributed by atoms with van der Waals surface area (Å²) in [6.45, 7) is 1.67. The summed E-state index contributed by atoms with van der Waals surface area (Å²) in [6, 6.07) is 0. The van der Waals surface area contributed by atoms with E-state index in [1.807, 2.05) is 0 Å². The van der Waals surface area contributed by atoms with E-state index in [2.05, 4.69) is 15.9 Å². The number of hydrogen-bond acceptors (Lipinski definition) is 2. The van der Waals surface area contributed by atoms with E-state index in [1.54, 1.807) is 6.92 Å². The molecule has 1 unspecified atom stereocenters. The molecule has 0 heterocycles. The lowest BCUT2D eigenvalue weighted by Crippen LogP contribution is -2.16. The molecule has 0 aromatic carbocycles. The number of rotatable bonds is 2. The normalized spacial score (nSPS) is 15.9. The first-order valence-corrected chi connectivity index (χ1v) is 5.31. The van der Waals surface area contributed by atoms with Crippen LogP contribution >= 0.6 is 15.9 Å². The van der Waals surface area contributed by atoms with E-state index < -0.39 is 9.84 Å². The molecule has 0 saturated heterocycles. The lowest BCUT2D eigenvalue weighted by Gasteiger charge is -2.01. The zero-order valence-electron chi connectivity index (χ0n) is 4.89. The number of alkyl halides is 1. The van der Waals surface area contributed by atoms with Crippen molar-refractivity contribution >= 4 is 25.8 Å². The van der Waals surface area contributed by atoms with Gasteiger partial charge < -0.3 is 0 Å². The van der Waals surface area contributed by atoms with Crippen molar-refractivity contribution in [2.24, 2.45) is 0 Å². The first-order valence-electron chi connectivity index (χ1n) is 2.23. The van der Waals surface area contributed by atoms with Gasteiger partial charge in [0.05, 0.1) is 5.25 Å². The Morgan fingerprint density at radius 2 is 2.00 bits per heavy atom. The Balaban J connectivity index is 4.04. The highest BCUT2D eigenvalue weighted by molar-refractivity contribution is 9.09. The van der Waals surface area contributed by atoms with Crippen molar-refractivity contribution in [1.82, 2.24) is 0 Å². The molecular weight excluding hydrogens is 192 g/mol. The molecule has 0 N–H and O–H groups in total. The number of hydrogen-bond donors (Lipinski definition) is 0. The predicted molar refractivity (Wildman–Crippen MR) is 38.1 cm³/mol. The van der Waals surface area contributed by atoms with Crippen molar-refractivity contribution in [3.05, 3.63) is 0 Å². The van der Waals surface area contributed by atoms with Crippen LogP contribution < -0.4 is 0 Å². The molecule has 0 amide bonds.